The van der Waals surface area contributed by atoms with Crippen LogP contribution in [0, 0.1) is 0 Å². The Morgan fingerprint density at radius 3 is 2.78 bits per heavy atom. The van der Waals surface area contributed by atoms with Gasteiger partial charge in [-0.1, -0.05) is 0 Å². The van der Waals surface area contributed by atoms with Crippen LogP contribution in [0.5, 0.6) is 0 Å². The number of rotatable bonds is 7. The minimum Gasteiger partial charge on any atom is -0.355 e. The Hall–Kier alpha value is -2.22. The second-order valence-corrected chi connectivity index (χ2v) is 7.85. The van der Waals surface area contributed by atoms with Gasteiger partial charge in [0.15, 0.2) is 0 Å². The summed E-state index contributed by atoms with van der Waals surface area (Å²) < 4.78 is 0. The molecule has 146 valence electrons. The van der Waals surface area contributed by atoms with Gasteiger partial charge in [0.2, 0.25) is 11.8 Å². The van der Waals surface area contributed by atoms with Crippen molar-refractivity contribution in [2.24, 2.45) is 0 Å². The number of hydrogen-bond donors (Lipinski definition) is 2. The van der Waals surface area contributed by atoms with Gasteiger partial charge in [-0.3, -0.25) is 14.4 Å². The summed E-state index contributed by atoms with van der Waals surface area (Å²) in [7, 11) is 0. The van der Waals surface area contributed by atoms with Crippen molar-refractivity contribution in [1.82, 2.24) is 20.2 Å². The smallest absolute Gasteiger partial charge is 0.259 e. The minimum absolute atomic E-state index is 0.0593. The Morgan fingerprint density at radius 2 is 2.04 bits per heavy atom. The number of carbonyl (C=O) groups is 2. The van der Waals surface area contributed by atoms with Crippen molar-refractivity contribution in [3.63, 3.8) is 0 Å². The van der Waals surface area contributed by atoms with Crippen LogP contribution in [0.25, 0.3) is 10.2 Å². The molecular weight excluding hydrogens is 364 g/mol. The number of aromatic nitrogens is 2. The molecule has 0 fully saturated rings. The molecule has 3 rings (SSSR count). The van der Waals surface area contributed by atoms with Gasteiger partial charge in [0.25, 0.3) is 5.56 Å². The Morgan fingerprint density at radius 1 is 1.26 bits per heavy atom. The first-order valence-electron chi connectivity index (χ1n) is 9.61. The fourth-order valence-electron chi connectivity index (χ4n) is 3.51. The van der Waals surface area contributed by atoms with E-state index in [4.69, 9.17) is 0 Å². The summed E-state index contributed by atoms with van der Waals surface area (Å²) in [5.74, 6) is 0.260. The van der Waals surface area contributed by atoms with Crippen molar-refractivity contribution >= 4 is 33.4 Å². The maximum Gasteiger partial charge on any atom is 0.259 e. The van der Waals surface area contributed by atoms with E-state index >= 15 is 0 Å². The van der Waals surface area contributed by atoms with Crippen LogP contribution in [0.2, 0.25) is 0 Å². The second-order valence-electron chi connectivity index (χ2n) is 6.77. The number of aryl methyl sites for hydroxylation is 3. The number of amides is 2. The number of fused-ring (bicyclic) bond motifs is 3. The highest BCUT2D eigenvalue weighted by Crippen LogP contribution is 2.33. The van der Waals surface area contributed by atoms with E-state index in [2.05, 4.69) is 15.3 Å². The molecule has 2 amide bonds. The zero-order valence-electron chi connectivity index (χ0n) is 15.9. The summed E-state index contributed by atoms with van der Waals surface area (Å²) in [4.78, 5) is 47.7. The molecule has 0 aliphatic heterocycles. The number of carbonyl (C=O) groups excluding carboxylic acids is 2. The molecule has 0 unspecified atom stereocenters. The average Bonchev–Trinajstić information content (AvgIpc) is 3.03. The third-order valence-corrected chi connectivity index (χ3v) is 6.08. The molecule has 2 aromatic heterocycles. The molecule has 27 heavy (non-hydrogen) atoms. The van der Waals surface area contributed by atoms with Crippen LogP contribution in [-0.4, -0.2) is 46.3 Å². The van der Waals surface area contributed by atoms with E-state index < -0.39 is 0 Å². The van der Waals surface area contributed by atoms with Crippen molar-refractivity contribution in [3.8, 4) is 0 Å². The normalized spacial score (nSPS) is 13.4. The van der Waals surface area contributed by atoms with E-state index in [1.807, 2.05) is 13.8 Å². The molecule has 7 nitrogen and oxygen atoms in total. The number of H-pyrrole nitrogens is 1. The number of aromatic amines is 1. The molecule has 8 heteroatoms. The van der Waals surface area contributed by atoms with E-state index in [1.54, 1.807) is 11.3 Å². The van der Waals surface area contributed by atoms with Gasteiger partial charge in [-0.2, -0.15) is 0 Å². The molecule has 2 heterocycles. The maximum atomic E-state index is 12.5. The minimum atomic E-state index is -0.162. The standard InChI is InChI=1S/C19H26N4O3S/c1-3-20-15(24)11-23(4-2)16(25)10-9-14-21-18(26)17-12-7-5-6-8-13(12)27-19(17)22-14/h3-11H2,1-2H3,(H,20,24)(H,21,22,26). The monoisotopic (exact) mass is 390 g/mol. The zero-order valence-corrected chi connectivity index (χ0v) is 16.7. The molecule has 0 saturated heterocycles. The molecule has 1 aliphatic carbocycles. The molecular formula is C19H26N4O3S. The van der Waals surface area contributed by atoms with E-state index in [0.29, 0.717) is 25.3 Å². The Kier molecular flexibility index (Phi) is 6.26. The van der Waals surface area contributed by atoms with Gasteiger partial charge < -0.3 is 15.2 Å². The number of hydrogen-bond acceptors (Lipinski definition) is 5. The second kappa shape index (κ2) is 8.65. The predicted molar refractivity (Wildman–Crippen MR) is 106 cm³/mol. The fraction of sp³-hybridized carbons (Fsp3) is 0.579. The maximum absolute atomic E-state index is 12.5. The van der Waals surface area contributed by atoms with Crippen molar-refractivity contribution in [3.05, 3.63) is 26.6 Å². The van der Waals surface area contributed by atoms with Crippen LogP contribution in [0.4, 0.5) is 0 Å². The van der Waals surface area contributed by atoms with E-state index in [-0.39, 0.29) is 30.3 Å². The average molecular weight is 391 g/mol. The van der Waals surface area contributed by atoms with Gasteiger partial charge in [-0.05, 0) is 45.1 Å². The lowest BCUT2D eigenvalue weighted by molar-refractivity contribution is -0.135. The highest BCUT2D eigenvalue weighted by atomic mass is 32.1. The summed E-state index contributed by atoms with van der Waals surface area (Å²) in [6, 6.07) is 0. The molecule has 1 aliphatic rings. The fourth-order valence-corrected chi connectivity index (χ4v) is 4.79. The summed E-state index contributed by atoms with van der Waals surface area (Å²) in [6.07, 6.45) is 4.83. The Balaban J connectivity index is 1.70. The van der Waals surface area contributed by atoms with Crippen molar-refractivity contribution < 1.29 is 9.59 Å². The van der Waals surface area contributed by atoms with Crippen molar-refractivity contribution in [1.29, 1.82) is 0 Å². The van der Waals surface area contributed by atoms with E-state index in [9.17, 15) is 14.4 Å². The summed E-state index contributed by atoms with van der Waals surface area (Å²) in [6.45, 7) is 4.76. The van der Waals surface area contributed by atoms with E-state index in [1.165, 1.54) is 9.78 Å². The van der Waals surface area contributed by atoms with Gasteiger partial charge in [0.05, 0.1) is 11.9 Å². The zero-order chi connectivity index (χ0) is 19.4. The van der Waals surface area contributed by atoms with Crippen LogP contribution >= 0.6 is 11.3 Å². The van der Waals surface area contributed by atoms with Gasteiger partial charge in [-0.25, -0.2) is 4.98 Å². The van der Waals surface area contributed by atoms with Crippen LogP contribution in [0.1, 0.15) is 49.4 Å². The first-order chi connectivity index (χ1) is 13.0. The molecule has 0 saturated carbocycles. The molecule has 2 aromatic rings. The Bertz CT molecular complexity index is 902. The quantitative estimate of drug-likeness (QED) is 0.753. The first-order valence-corrected chi connectivity index (χ1v) is 10.4. The lowest BCUT2D eigenvalue weighted by Crippen LogP contribution is -2.40. The summed E-state index contributed by atoms with van der Waals surface area (Å²) in [5, 5.41) is 3.43. The SMILES string of the molecule is CCNC(=O)CN(CC)C(=O)CCc1nc2sc3c(c2c(=O)[nH]1)CCCC3. The number of nitrogens with one attached hydrogen (secondary N) is 2. The third-order valence-electron chi connectivity index (χ3n) is 4.89. The lowest BCUT2D eigenvalue weighted by Gasteiger charge is -2.20. The topological polar surface area (TPSA) is 95.2 Å². The highest BCUT2D eigenvalue weighted by molar-refractivity contribution is 7.18. The first kappa shape index (κ1) is 19.5. The van der Waals surface area contributed by atoms with Gasteiger partial charge in [0.1, 0.15) is 10.7 Å². The number of nitrogens with zero attached hydrogens (tertiary/aromatic N) is 2. The van der Waals surface area contributed by atoms with Gasteiger partial charge >= 0.3 is 0 Å². The summed E-state index contributed by atoms with van der Waals surface area (Å²) >= 11 is 1.61. The van der Waals surface area contributed by atoms with Gasteiger partial charge in [-0.15, -0.1) is 11.3 Å². The summed E-state index contributed by atoms with van der Waals surface area (Å²) in [5.41, 5.74) is 1.06. The number of likely N-dealkylation sites (N-methyl/N-ethyl adjacent to an activating group) is 2. The molecule has 0 spiro atoms. The molecule has 2 N–H and O–H groups in total. The Labute approximate surface area is 162 Å². The molecule has 0 aromatic carbocycles. The lowest BCUT2D eigenvalue weighted by atomic mass is 9.97. The van der Waals surface area contributed by atoms with Crippen LogP contribution in [0.15, 0.2) is 4.79 Å². The van der Waals surface area contributed by atoms with Gasteiger partial charge in [0, 0.05) is 30.8 Å². The molecule has 0 bridgehead atoms. The van der Waals surface area contributed by atoms with Crippen LogP contribution in [-0.2, 0) is 28.9 Å². The molecule has 0 radical (unpaired) electrons. The predicted octanol–water partition coefficient (Wildman–Crippen LogP) is 1.78. The van der Waals surface area contributed by atoms with Crippen molar-refractivity contribution in [2.45, 2.75) is 52.4 Å². The molecule has 0 atom stereocenters. The van der Waals surface area contributed by atoms with Crippen LogP contribution < -0.4 is 10.9 Å². The number of thiophene rings is 1. The highest BCUT2D eigenvalue weighted by Gasteiger charge is 2.20. The van der Waals surface area contributed by atoms with E-state index in [0.717, 1.165) is 41.5 Å². The third kappa shape index (κ3) is 4.37. The van der Waals surface area contributed by atoms with Crippen molar-refractivity contribution in [2.75, 3.05) is 19.6 Å². The van der Waals surface area contributed by atoms with Crippen LogP contribution in [0.3, 0.4) is 0 Å². The largest absolute Gasteiger partial charge is 0.355 e.